The van der Waals surface area contributed by atoms with E-state index in [0.29, 0.717) is 19.3 Å². The van der Waals surface area contributed by atoms with E-state index in [1.807, 2.05) is 36.4 Å². The highest BCUT2D eigenvalue weighted by Crippen LogP contribution is 2.38. The van der Waals surface area contributed by atoms with E-state index in [-0.39, 0.29) is 17.2 Å². The van der Waals surface area contributed by atoms with Crippen molar-refractivity contribution < 1.29 is 15.3 Å². The Balaban J connectivity index is 2.02. The van der Waals surface area contributed by atoms with E-state index < -0.39 is 0 Å². The third kappa shape index (κ3) is 5.26. The standard InChI is InChI=1S/C33H30O3/c1-4-7-22-19-28(34)10-13-31(22)25-16-26(32-14-11-29(35)20-23(32)8-5-2)18-27(17-25)33-15-12-30(36)21-24(33)9-6-3/h4-6,10-21,34-36H,1-3,7-9H2. The fourth-order valence-corrected chi connectivity index (χ4v) is 4.65. The molecule has 0 aliphatic rings. The van der Waals surface area contributed by atoms with E-state index >= 15 is 0 Å². The average Bonchev–Trinajstić information content (AvgIpc) is 2.85. The second-order valence-corrected chi connectivity index (χ2v) is 8.80. The molecule has 0 amide bonds. The zero-order valence-electron chi connectivity index (χ0n) is 20.2. The Morgan fingerprint density at radius 2 is 0.722 bits per heavy atom. The summed E-state index contributed by atoms with van der Waals surface area (Å²) in [6, 6.07) is 22.6. The molecule has 4 aromatic rings. The maximum absolute atomic E-state index is 10.1. The Hall–Kier alpha value is -4.50. The highest BCUT2D eigenvalue weighted by atomic mass is 16.3. The summed E-state index contributed by atoms with van der Waals surface area (Å²) < 4.78 is 0. The van der Waals surface area contributed by atoms with Gasteiger partial charge in [-0.25, -0.2) is 0 Å². The number of hydrogen-bond acceptors (Lipinski definition) is 3. The lowest BCUT2D eigenvalue weighted by molar-refractivity contribution is 0.474. The van der Waals surface area contributed by atoms with Gasteiger partial charge < -0.3 is 15.3 Å². The maximum Gasteiger partial charge on any atom is 0.115 e. The molecule has 3 nitrogen and oxygen atoms in total. The van der Waals surface area contributed by atoms with Crippen LogP contribution in [0, 0.1) is 0 Å². The monoisotopic (exact) mass is 474 g/mol. The molecule has 0 heterocycles. The molecule has 0 radical (unpaired) electrons. The lowest BCUT2D eigenvalue weighted by Crippen LogP contribution is -1.94. The fraction of sp³-hybridized carbons (Fsp3) is 0.0909. The minimum absolute atomic E-state index is 0.214. The van der Waals surface area contributed by atoms with Gasteiger partial charge in [-0.3, -0.25) is 0 Å². The first-order valence-electron chi connectivity index (χ1n) is 11.9. The first kappa shape index (κ1) is 24.6. The fourth-order valence-electron chi connectivity index (χ4n) is 4.65. The number of aromatic hydroxyl groups is 3. The van der Waals surface area contributed by atoms with Crippen LogP contribution in [0.5, 0.6) is 17.2 Å². The quantitative estimate of drug-likeness (QED) is 0.215. The third-order valence-corrected chi connectivity index (χ3v) is 6.23. The number of benzene rings is 4. The molecular formula is C33H30O3. The molecule has 4 aromatic carbocycles. The van der Waals surface area contributed by atoms with Gasteiger partial charge in [0.2, 0.25) is 0 Å². The van der Waals surface area contributed by atoms with Crippen molar-refractivity contribution in [1.29, 1.82) is 0 Å². The van der Waals surface area contributed by atoms with Crippen LogP contribution in [0.1, 0.15) is 16.7 Å². The molecular weight excluding hydrogens is 444 g/mol. The van der Waals surface area contributed by atoms with Gasteiger partial charge in [0.15, 0.2) is 0 Å². The molecule has 0 saturated carbocycles. The first-order valence-corrected chi connectivity index (χ1v) is 11.9. The van der Waals surface area contributed by atoms with Gasteiger partial charge in [-0.15, -0.1) is 19.7 Å². The van der Waals surface area contributed by atoms with Crippen LogP contribution in [0.25, 0.3) is 33.4 Å². The number of hydrogen-bond donors (Lipinski definition) is 3. The Morgan fingerprint density at radius 3 is 0.972 bits per heavy atom. The van der Waals surface area contributed by atoms with E-state index in [1.54, 1.807) is 36.4 Å². The zero-order valence-corrected chi connectivity index (χ0v) is 20.2. The van der Waals surface area contributed by atoms with Crippen molar-refractivity contribution >= 4 is 0 Å². The summed E-state index contributed by atoms with van der Waals surface area (Å²) >= 11 is 0. The number of rotatable bonds is 9. The highest BCUT2D eigenvalue weighted by Gasteiger charge is 2.15. The SMILES string of the molecule is C=CCc1cc(O)ccc1-c1cc(-c2ccc(O)cc2CC=C)cc(-c2ccc(O)cc2CC=C)c1. The van der Waals surface area contributed by atoms with E-state index in [0.717, 1.165) is 50.1 Å². The number of allylic oxidation sites excluding steroid dienone is 3. The molecule has 0 aliphatic carbocycles. The van der Waals surface area contributed by atoms with Crippen LogP contribution in [0.4, 0.5) is 0 Å². The normalized spacial score (nSPS) is 10.7. The Bertz CT molecular complexity index is 1260. The molecule has 0 spiro atoms. The average molecular weight is 475 g/mol. The van der Waals surface area contributed by atoms with Crippen molar-refractivity contribution in [2.24, 2.45) is 0 Å². The lowest BCUT2D eigenvalue weighted by Gasteiger charge is -2.17. The molecule has 0 saturated heterocycles. The van der Waals surface area contributed by atoms with E-state index in [9.17, 15) is 15.3 Å². The molecule has 3 heteroatoms. The van der Waals surface area contributed by atoms with E-state index in [2.05, 4.69) is 37.9 Å². The van der Waals surface area contributed by atoms with Gasteiger partial charge >= 0.3 is 0 Å². The molecule has 0 bridgehead atoms. The van der Waals surface area contributed by atoms with Crippen LogP contribution in [-0.4, -0.2) is 15.3 Å². The number of phenolic OH excluding ortho intramolecular Hbond substituents is 3. The second-order valence-electron chi connectivity index (χ2n) is 8.80. The molecule has 0 fully saturated rings. The lowest BCUT2D eigenvalue weighted by atomic mass is 9.87. The van der Waals surface area contributed by atoms with Crippen LogP contribution in [0.3, 0.4) is 0 Å². The Labute approximate surface area is 212 Å². The van der Waals surface area contributed by atoms with Gasteiger partial charge in [0.05, 0.1) is 0 Å². The molecule has 3 N–H and O–H groups in total. The summed E-state index contributed by atoms with van der Waals surface area (Å²) in [6.45, 7) is 11.7. The summed E-state index contributed by atoms with van der Waals surface area (Å²) in [6.07, 6.45) is 7.33. The summed E-state index contributed by atoms with van der Waals surface area (Å²) in [5, 5.41) is 30.4. The summed E-state index contributed by atoms with van der Waals surface area (Å²) in [5.41, 5.74) is 8.92. The Kier molecular flexibility index (Phi) is 7.41. The van der Waals surface area contributed by atoms with Crippen LogP contribution in [-0.2, 0) is 19.3 Å². The van der Waals surface area contributed by atoms with Crippen LogP contribution >= 0.6 is 0 Å². The molecule has 36 heavy (non-hydrogen) atoms. The molecule has 0 aromatic heterocycles. The summed E-state index contributed by atoms with van der Waals surface area (Å²) in [4.78, 5) is 0. The smallest absolute Gasteiger partial charge is 0.115 e. The zero-order chi connectivity index (χ0) is 25.7. The summed E-state index contributed by atoms with van der Waals surface area (Å²) in [5.74, 6) is 0.641. The topological polar surface area (TPSA) is 60.7 Å². The second kappa shape index (κ2) is 10.8. The van der Waals surface area contributed by atoms with Crippen molar-refractivity contribution in [3.63, 3.8) is 0 Å². The van der Waals surface area contributed by atoms with Crippen LogP contribution in [0.15, 0.2) is 111 Å². The van der Waals surface area contributed by atoms with Crippen molar-refractivity contribution in [2.75, 3.05) is 0 Å². The third-order valence-electron chi connectivity index (χ3n) is 6.23. The van der Waals surface area contributed by atoms with Gasteiger partial charge in [0, 0.05) is 0 Å². The highest BCUT2D eigenvalue weighted by molar-refractivity contribution is 5.84. The molecule has 180 valence electrons. The van der Waals surface area contributed by atoms with Crippen molar-refractivity contribution in [3.05, 3.63) is 127 Å². The van der Waals surface area contributed by atoms with Gasteiger partial charge in [-0.1, -0.05) is 36.4 Å². The van der Waals surface area contributed by atoms with Gasteiger partial charge in [0.25, 0.3) is 0 Å². The predicted octanol–water partition coefficient (Wildman–Crippen LogP) is 7.99. The Morgan fingerprint density at radius 1 is 0.444 bits per heavy atom. The van der Waals surface area contributed by atoms with Gasteiger partial charge in [-0.2, -0.15) is 0 Å². The minimum Gasteiger partial charge on any atom is -0.508 e. The van der Waals surface area contributed by atoms with Crippen LogP contribution < -0.4 is 0 Å². The summed E-state index contributed by atoms with van der Waals surface area (Å²) in [7, 11) is 0. The first-order chi connectivity index (χ1) is 17.4. The predicted molar refractivity (Wildman–Crippen MR) is 149 cm³/mol. The molecule has 4 rings (SSSR count). The molecule has 0 aliphatic heterocycles. The van der Waals surface area contributed by atoms with Crippen molar-refractivity contribution in [2.45, 2.75) is 19.3 Å². The minimum atomic E-state index is 0.214. The van der Waals surface area contributed by atoms with Gasteiger partial charge in [0.1, 0.15) is 17.2 Å². The van der Waals surface area contributed by atoms with Crippen molar-refractivity contribution in [3.8, 4) is 50.6 Å². The number of phenols is 3. The molecule has 0 atom stereocenters. The molecule has 0 unspecified atom stereocenters. The van der Waals surface area contributed by atoms with Crippen molar-refractivity contribution in [1.82, 2.24) is 0 Å². The maximum atomic E-state index is 10.1. The van der Waals surface area contributed by atoms with E-state index in [4.69, 9.17) is 0 Å². The van der Waals surface area contributed by atoms with Gasteiger partial charge in [-0.05, 0) is 124 Å². The van der Waals surface area contributed by atoms with E-state index in [1.165, 1.54) is 0 Å². The largest absolute Gasteiger partial charge is 0.508 e. The van der Waals surface area contributed by atoms with Crippen LogP contribution in [0.2, 0.25) is 0 Å².